The Morgan fingerprint density at radius 3 is 2.36 bits per heavy atom. The van der Waals surface area contributed by atoms with Crippen LogP contribution in [0.5, 0.6) is 5.75 Å². The van der Waals surface area contributed by atoms with Crippen LogP contribution in [0.25, 0.3) is 0 Å². The molecule has 154 valence electrons. The summed E-state index contributed by atoms with van der Waals surface area (Å²) in [6.45, 7) is 10.2. The van der Waals surface area contributed by atoms with E-state index in [-0.39, 0.29) is 5.54 Å². The molecule has 1 aromatic carbocycles. The van der Waals surface area contributed by atoms with Gasteiger partial charge in [0.05, 0.1) is 0 Å². The Labute approximate surface area is 165 Å². The fourth-order valence-corrected chi connectivity index (χ4v) is 2.20. The molecule has 28 heavy (non-hydrogen) atoms. The van der Waals surface area contributed by atoms with Gasteiger partial charge in [0.2, 0.25) is 5.91 Å². The van der Waals surface area contributed by atoms with Crippen molar-refractivity contribution < 1.29 is 18.3 Å². The molecular weight excluding hydrogens is 364 g/mol. The molecule has 3 N–H and O–H groups in total. The van der Waals surface area contributed by atoms with Gasteiger partial charge in [-0.1, -0.05) is 12.1 Å². The molecule has 0 aliphatic carbocycles. The Morgan fingerprint density at radius 2 is 1.89 bits per heavy atom. The van der Waals surface area contributed by atoms with Gasteiger partial charge < -0.3 is 15.8 Å². The number of halogens is 2. The summed E-state index contributed by atoms with van der Waals surface area (Å²) < 4.78 is 29.1. The van der Waals surface area contributed by atoms with Crippen LogP contribution >= 0.6 is 0 Å². The molecule has 0 aliphatic heterocycles. The first-order valence-electron chi connectivity index (χ1n) is 8.96. The second-order valence-electron chi connectivity index (χ2n) is 7.46. The van der Waals surface area contributed by atoms with Crippen molar-refractivity contribution in [2.45, 2.75) is 53.1 Å². The molecule has 0 bridgehead atoms. The number of aryl methyl sites for hydroxylation is 2. The number of carbonyl (C=O) groups is 1. The zero-order valence-corrected chi connectivity index (χ0v) is 17.1. The number of benzene rings is 1. The number of hydrogen-bond donors (Lipinski definition) is 2. The summed E-state index contributed by atoms with van der Waals surface area (Å²) in [4.78, 5) is 14.5. The predicted molar refractivity (Wildman–Crippen MR) is 107 cm³/mol. The average molecular weight is 393 g/mol. The monoisotopic (exact) mass is 393 g/mol. The third kappa shape index (κ3) is 9.41. The second kappa shape index (κ2) is 10.7. The van der Waals surface area contributed by atoms with E-state index in [2.05, 4.69) is 31.1 Å². The fourth-order valence-electron chi connectivity index (χ4n) is 2.20. The number of hydrogen-bond acceptors (Lipinski definition) is 4. The van der Waals surface area contributed by atoms with Gasteiger partial charge in [0.15, 0.2) is 0 Å². The van der Waals surface area contributed by atoms with Crippen molar-refractivity contribution in [1.82, 2.24) is 10.3 Å². The number of alkyl halides is 2. The van der Waals surface area contributed by atoms with E-state index >= 15 is 0 Å². The van der Waals surface area contributed by atoms with Gasteiger partial charge in [0.1, 0.15) is 12.4 Å². The van der Waals surface area contributed by atoms with Crippen LogP contribution in [0.15, 0.2) is 36.5 Å². The van der Waals surface area contributed by atoms with E-state index < -0.39 is 18.9 Å². The second-order valence-corrected chi connectivity index (χ2v) is 7.46. The molecule has 2 aromatic rings. The van der Waals surface area contributed by atoms with Crippen LogP contribution < -0.4 is 15.8 Å². The molecule has 1 aromatic heterocycles. The van der Waals surface area contributed by atoms with Gasteiger partial charge in [0, 0.05) is 29.5 Å². The number of amides is 1. The summed E-state index contributed by atoms with van der Waals surface area (Å²) in [5.41, 5.74) is 8.38. The van der Waals surface area contributed by atoms with Crippen molar-refractivity contribution in [3.8, 4) is 5.75 Å². The molecule has 1 amide bonds. The van der Waals surface area contributed by atoms with Crippen LogP contribution in [0.3, 0.4) is 0 Å². The highest BCUT2D eigenvalue weighted by Gasteiger charge is 2.10. The summed E-state index contributed by atoms with van der Waals surface area (Å²) in [6.07, 6.45) is -0.873. The van der Waals surface area contributed by atoms with Gasteiger partial charge in [-0.25, -0.2) is 8.78 Å². The molecule has 0 unspecified atom stereocenters. The summed E-state index contributed by atoms with van der Waals surface area (Å²) >= 11 is 0. The number of nitrogens with zero attached hydrogens (tertiary/aromatic N) is 1. The number of pyridine rings is 1. The van der Waals surface area contributed by atoms with Gasteiger partial charge in [0.25, 0.3) is 6.43 Å². The Kier molecular flexibility index (Phi) is 8.99. The first kappa shape index (κ1) is 23.5. The fraction of sp³-hybridized carbons (Fsp3) is 0.429. The topological polar surface area (TPSA) is 77.2 Å². The first-order chi connectivity index (χ1) is 13.0. The van der Waals surface area contributed by atoms with Gasteiger partial charge in [-0.2, -0.15) is 0 Å². The predicted octanol–water partition coefficient (Wildman–Crippen LogP) is 4.02. The smallest absolute Gasteiger partial charge is 0.272 e. The Bertz CT molecular complexity index is 774. The van der Waals surface area contributed by atoms with E-state index in [4.69, 9.17) is 10.5 Å². The van der Waals surface area contributed by atoms with E-state index in [9.17, 15) is 13.6 Å². The summed E-state index contributed by atoms with van der Waals surface area (Å²) in [5, 5.41) is 3.37. The quantitative estimate of drug-likeness (QED) is 0.777. The van der Waals surface area contributed by atoms with Gasteiger partial charge in [-0.05, 0) is 63.9 Å². The molecule has 1 heterocycles. The van der Waals surface area contributed by atoms with E-state index in [1.807, 2.05) is 26.0 Å². The number of primary amides is 1. The molecule has 5 nitrogen and oxygen atoms in total. The van der Waals surface area contributed by atoms with Crippen LogP contribution in [0.4, 0.5) is 8.78 Å². The number of ether oxygens (including phenoxy) is 1. The Hall–Kier alpha value is -2.54. The van der Waals surface area contributed by atoms with E-state index in [1.165, 1.54) is 0 Å². The van der Waals surface area contributed by atoms with Crippen molar-refractivity contribution in [3.63, 3.8) is 0 Å². The largest absolute Gasteiger partial charge is 0.487 e. The highest BCUT2D eigenvalue weighted by Crippen LogP contribution is 2.20. The van der Waals surface area contributed by atoms with Crippen LogP contribution in [0.1, 0.15) is 48.0 Å². The molecular formula is C21H29F2N3O2. The Balaban J connectivity index is 0.000000330. The minimum atomic E-state index is -2.44. The molecule has 2 rings (SSSR count). The molecule has 0 saturated heterocycles. The first-order valence-corrected chi connectivity index (χ1v) is 8.96. The number of aromatic nitrogens is 1. The lowest BCUT2D eigenvalue weighted by molar-refractivity contribution is 0.0815. The minimum Gasteiger partial charge on any atom is -0.487 e. The summed E-state index contributed by atoms with van der Waals surface area (Å²) in [6, 6.07) is 8.85. The maximum atomic E-state index is 12.0. The lowest BCUT2D eigenvalue weighted by Gasteiger charge is -2.21. The van der Waals surface area contributed by atoms with Crippen LogP contribution in [0, 0.1) is 13.8 Å². The van der Waals surface area contributed by atoms with Gasteiger partial charge in [-0.3, -0.25) is 9.78 Å². The highest BCUT2D eigenvalue weighted by atomic mass is 19.3. The number of nitrogens with two attached hydrogens (primary N) is 1. The van der Waals surface area contributed by atoms with Crippen LogP contribution in [-0.2, 0) is 6.54 Å². The van der Waals surface area contributed by atoms with Gasteiger partial charge >= 0.3 is 0 Å². The van der Waals surface area contributed by atoms with Crippen LogP contribution in [-0.4, -0.2) is 29.5 Å². The van der Waals surface area contributed by atoms with Crippen molar-refractivity contribution >= 4 is 5.91 Å². The average Bonchev–Trinajstić information content (AvgIpc) is 2.59. The lowest BCUT2D eigenvalue weighted by Crippen LogP contribution is -2.35. The summed E-state index contributed by atoms with van der Waals surface area (Å²) in [5.74, 6) is 0.111. The maximum absolute atomic E-state index is 12.0. The lowest BCUT2D eigenvalue weighted by atomic mass is 10.1. The SMILES string of the molecule is Cc1cc(C(N)=O)ccn1.Cc1cc(CNC(C)(C)C)ccc1OCC(F)F. The van der Waals surface area contributed by atoms with Crippen LogP contribution in [0.2, 0.25) is 0 Å². The van der Waals surface area contributed by atoms with E-state index in [0.29, 0.717) is 11.3 Å². The Morgan fingerprint density at radius 1 is 1.21 bits per heavy atom. The molecule has 0 atom stereocenters. The normalized spacial score (nSPS) is 11.0. The maximum Gasteiger partial charge on any atom is 0.272 e. The van der Waals surface area contributed by atoms with E-state index in [0.717, 1.165) is 23.4 Å². The standard InChI is InChI=1S/C14H21F2NO.C7H8N2O/c1-10-7-11(8-17-14(2,3)4)5-6-12(10)18-9-13(15)16;1-5-4-6(7(8)10)2-3-9-5/h5-7,13,17H,8-9H2,1-4H3;2-4H,1H3,(H2,8,10). The number of nitrogens with one attached hydrogen (secondary N) is 1. The van der Waals surface area contributed by atoms with Crippen molar-refractivity contribution in [2.75, 3.05) is 6.61 Å². The highest BCUT2D eigenvalue weighted by molar-refractivity contribution is 5.92. The molecule has 0 saturated carbocycles. The number of rotatable bonds is 6. The third-order valence-electron chi connectivity index (χ3n) is 3.61. The molecule has 0 spiro atoms. The number of carbonyl (C=O) groups excluding carboxylic acids is 1. The van der Waals surface area contributed by atoms with Crippen molar-refractivity contribution in [3.05, 3.63) is 58.9 Å². The van der Waals surface area contributed by atoms with E-state index in [1.54, 1.807) is 24.4 Å². The van der Waals surface area contributed by atoms with Crippen molar-refractivity contribution in [1.29, 1.82) is 0 Å². The zero-order valence-electron chi connectivity index (χ0n) is 17.1. The minimum absolute atomic E-state index is 0.0543. The molecule has 0 radical (unpaired) electrons. The molecule has 0 aliphatic rings. The van der Waals surface area contributed by atoms with Crippen molar-refractivity contribution in [2.24, 2.45) is 5.73 Å². The summed E-state index contributed by atoms with van der Waals surface area (Å²) in [7, 11) is 0. The third-order valence-corrected chi connectivity index (χ3v) is 3.61. The molecule has 0 fully saturated rings. The van der Waals surface area contributed by atoms with Gasteiger partial charge in [-0.15, -0.1) is 0 Å². The zero-order chi connectivity index (χ0) is 21.3. The molecule has 7 heteroatoms.